The predicted molar refractivity (Wildman–Crippen MR) is 74.7 cm³/mol. The van der Waals surface area contributed by atoms with Crippen molar-refractivity contribution < 1.29 is 52.0 Å². The molecular formula is C15H24O4Y-2. The summed E-state index contributed by atoms with van der Waals surface area (Å²) in [6, 6.07) is 10.7. The first-order chi connectivity index (χ1) is 9.24. The Morgan fingerprint density at radius 3 is 2.50 bits per heavy atom. The first-order valence-electron chi connectivity index (χ1n) is 6.28. The Morgan fingerprint density at radius 2 is 2.00 bits per heavy atom. The van der Waals surface area contributed by atoms with E-state index in [0.717, 1.165) is 0 Å². The van der Waals surface area contributed by atoms with Crippen molar-refractivity contribution >= 4 is 0 Å². The van der Waals surface area contributed by atoms with Gasteiger partial charge in [-0.1, -0.05) is 6.61 Å². The molecule has 113 valence electrons. The summed E-state index contributed by atoms with van der Waals surface area (Å²) in [7, 11) is 1.69. The zero-order valence-corrected chi connectivity index (χ0v) is 15.2. The van der Waals surface area contributed by atoms with Crippen LogP contribution in [0.15, 0.2) is 24.3 Å². The molecule has 0 aliphatic carbocycles. The van der Waals surface area contributed by atoms with Crippen LogP contribution in [0.3, 0.4) is 0 Å². The van der Waals surface area contributed by atoms with Gasteiger partial charge in [0.05, 0.1) is 25.9 Å². The molecule has 0 saturated carbocycles. The van der Waals surface area contributed by atoms with Crippen LogP contribution in [0.1, 0.15) is 12.5 Å². The molecule has 0 bridgehead atoms. The maximum absolute atomic E-state index is 8.36. The SMILES string of the molecule is COCc1cc[c-]cc1.[CH2-]COCC(C)OCCO.[Y]. The Labute approximate surface area is 147 Å². The summed E-state index contributed by atoms with van der Waals surface area (Å²) in [4.78, 5) is 0. The molecule has 0 heterocycles. The second-order valence-electron chi connectivity index (χ2n) is 3.82. The molecule has 0 aliphatic heterocycles. The van der Waals surface area contributed by atoms with Gasteiger partial charge in [-0.25, -0.2) is 0 Å². The molecule has 1 aromatic carbocycles. The third-order valence-corrected chi connectivity index (χ3v) is 2.09. The summed E-state index contributed by atoms with van der Waals surface area (Å²) in [5, 5.41) is 8.36. The van der Waals surface area contributed by atoms with E-state index in [1.54, 1.807) is 7.11 Å². The van der Waals surface area contributed by atoms with E-state index in [2.05, 4.69) is 13.0 Å². The smallest absolute Gasteiger partial charge is 0.0780 e. The number of methoxy groups -OCH3 is 1. The largest absolute Gasteiger partial charge is 0.411 e. The van der Waals surface area contributed by atoms with Gasteiger partial charge in [-0.2, -0.15) is 30.3 Å². The number of ether oxygens (including phenoxy) is 3. The quantitative estimate of drug-likeness (QED) is 0.722. The minimum atomic E-state index is 0. The average molecular weight is 357 g/mol. The van der Waals surface area contributed by atoms with Crippen molar-refractivity contribution in [3.05, 3.63) is 42.8 Å². The molecule has 1 radical (unpaired) electrons. The van der Waals surface area contributed by atoms with Crippen LogP contribution in [0.25, 0.3) is 0 Å². The molecule has 0 fully saturated rings. The number of hydrogen-bond donors (Lipinski definition) is 1. The molecule has 1 atom stereocenters. The summed E-state index contributed by atoms with van der Waals surface area (Å²) in [6.45, 7) is 7.55. The van der Waals surface area contributed by atoms with Crippen molar-refractivity contribution in [2.24, 2.45) is 0 Å². The van der Waals surface area contributed by atoms with Crippen molar-refractivity contribution in [3.8, 4) is 0 Å². The average Bonchev–Trinajstić information content (AvgIpc) is 2.45. The van der Waals surface area contributed by atoms with Crippen LogP contribution in [0.5, 0.6) is 0 Å². The van der Waals surface area contributed by atoms with Gasteiger partial charge >= 0.3 is 0 Å². The summed E-state index contributed by atoms with van der Waals surface area (Å²) in [5.74, 6) is 0. The summed E-state index contributed by atoms with van der Waals surface area (Å²) >= 11 is 0. The molecule has 0 saturated heterocycles. The molecule has 0 aliphatic rings. The molecule has 1 aromatic rings. The molecule has 0 aromatic heterocycles. The molecule has 5 heteroatoms. The Morgan fingerprint density at radius 1 is 1.35 bits per heavy atom. The third kappa shape index (κ3) is 14.6. The fraction of sp³-hybridized carbons (Fsp3) is 0.533. The van der Waals surface area contributed by atoms with Gasteiger partial charge in [0, 0.05) is 46.4 Å². The number of rotatable bonds is 8. The number of benzene rings is 1. The first-order valence-corrected chi connectivity index (χ1v) is 6.28. The standard InChI is InChI=1S/C8H9O.C7H15O3.Y/c1-9-7-8-5-3-2-4-6-8;1-3-9-6-7(2)10-5-4-8;/h3-6H,7H2,1H3;7-8H,1,3-6H2,2H3;/q2*-1;. The van der Waals surface area contributed by atoms with Gasteiger partial charge in [0.15, 0.2) is 0 Å². The van der Waals surface area contributed by atoms with Crippen molar-refractivity contribution in [2.75, 3.05) is 33.5 Å². The van der Waals surface area contributed by atoms with Crippen molar-refractivity contribution in [1.29, 1.82) is 0 Å². The minimum absolute atomic E-state index is 0. The maximum atomic E-state index is 8.36. The molecule has 20 heavy (non-hydrogen) atoms. The van der Waals surface area contributed by atoms with Crippen LogP contribution in [0, 0.1) is 13.0 Å². The van der Waals surface area contributed by atoms with E-state index in [4.69, 9.17) is 19.3 Å². The number of aliphatic hydroxyl groups excluding tert-OH is 1. The van der Waals surface area contributed by atoms with Crippen molar-refractivity contribution in [2.45, 2.75) is 19.6 Å². The van der Waals surface area contributed by atoms with Crippen LogP contribution in [0.2, 0.25) is 0 Å². The van der Waals surface area contributed by atoms with Crippen LogP contribution in [0.4, 0.5) is 0 Å². The Kier molecular flexibility index (Phi) is 19.3. The van der Waals surface area contributed by atoms with Crippen molar-refractivity contribution in [3.63, 3.8) is 0 Å². The normalized spacial score (nSPS) is 11.0. The Bertz CT molecular complexity index is 274. The molecule has 1 N–H and O–H groups in total. The van der Waals surface area contributed by atoms with Crippen LogP contribution in [-0.2, 0) is 53.5 Å². The summed E-state index contributed by atoms with van der Waals surface area (Å²) < 4.78 is 15.0. The van der Waals surface area contributed by atoms with Crippen LogP contribution < -0.4 is 0 Å². The molecule has 0 amide bonds. The van der Waals surface area contributed by atoms with Crippen LogP contribution >= 0.6 is 0 Å². The predicted octanol–water partition coefficient (Wildman–Crippen LogP) is 1.87. The third-order valence-electron chi connectivity index (χ3n) is 2.09. The van der Waals surface area contributed by atoms with Gasteiger partial charge < -0.3 is 26.2 Å². The van der Waals surface area contributed by atoms with Crippen LogP contribution in [-0.4, -0.2) is 44.7 Å². The maximum Gasteiger partial charge on any atom is 0.0780 e. The van der Waals surface area contributed by atoms with Gasteiger partial charge in [0.25, 0.3) is 0 Å². The second-order valence-corrected chi connectivity index (χ2v) is 3.82. The topological polar surface area (TPSA) is 47.9 Å². The van der Waals surface area contributed by atoms with E-state index in [1.165, 1.54) is 5.56 Å². The van der Waals surface area contributed by atoms with E-state index in [-0.39, 0.29) is 45.4 Å². The molecule has 4 nitrogen and oxygen atoms in total. The fourth-order valence-electron chi connectivity index (χ4n) is 1.24. The van der Waals surface area contributed by atoms with E-state index >= 15 is 0 Å². The van der Waals surface area contributed by atoms with Gasteiger partial charge in [-0.3, -0.25) is 0 Å². The number of hydrogen-bond acceptors (Lipinski definition) is 4. The molecule has 1 unspecified atom stereocenters. The molecule has 1 rings (SSSR count). The fourth-order valence-corrected chi connectivity index (χ4v) is 1.24. The Hall–Kier alpha value is 0.164. The number of aliphatic hydroxyl groups is 1. The van der Waals surface area contributed by atoms with E-state index < -0.39 is 0 Å². The van der Waals surface area contributed by atoms with Gasteiger partial charge in [0.1, 0.15) is 0 Å². The first kappa shape index (κ1) is 22.4. The zero-order chi connectivity index (χ0) is 14.3. The monoisotopic (exact) mass is 357 g/mol. The van der Waals surface area contributed by atoms with E-state index in [9.17, 15) is 0 Å². The van der Waals surface area contributed by atoms with Gasteiger partial charge in [0.2, 0.25) is 0 Å². The Balaban J connectivity index is 0. The van der Waals surface area contributed by atoms with Crippen molar-refractivity contribution in [1.82, 2.24) is 0 Å². The van der Waals surface area contributed by atoms with Gasteiger partial charge in [-0.05, 0) is 6.92 Å². The van der Waals surface area contributed by atoms with Gasteiger partial charge in [-0.15, -0.1) is 5.56 Å². The molecular weight excluding hydrogens is 333 g/mol. The molecule has 0 spiro atoms. The summed E-state index contributed by atoms with van der Waals surface area (Å²) in [6.07, 6.45) is 0.0499. The zero-order valence-electron chi connectivity index (χ0n) is 12.4. The second kappa shape index (κ2) is 17.2. The van der Waals surface area contributed by atoms with E-state index in [1.807, 2.05) is 31.2 Å². The summed E-state index contributed by atoms with van der Waals surface area (Å²) in [5.41, 5.74) is 1.19. The minimum Gasteiger partial charge on any atom is -0.411 e. The van der Waals surface area contributed by atoms with E-state index in [0.29, 0.717) is 26.4 Å².